The Morgan fingerprint density at radius 3 is 2.67 bits per heavy atom. The molecule has 24 heavy (non-hydrogen) atoms. The number of anilines is 1. The number of fused-ring (bicyclic) bond motifs is 1. The molecule has 0 N–H and O–H groups in total. The van der Waals surface area contributed by atoms with Gasteiger partial charge in [-0.25, -0.2) is 0 Å². The van der Waals surface area contributed by atoms with Gasteiger partial charge in [0, 0.05) is 38.0 Å². The third-order valence-electron chi connectivity index (χ3n) is 5.27. The highest BCUT2D eigenvalue weighted by Crippen LogP contribution is 2.38. The molecule has 0 radical (unpaired) electrons. The summed E-state index contributed by atoms with van der Waals surface area (Å²) in [6, 6.07) is 4.03. The standard InChI is InChI=1S/C17H22N6O/c24-17(13-4-5-13)22-9-1-8-21(10-11-22)15-7-6-14-18-19-16(12-2-3-12)23(14)20-15/h6-7,12-13H,1-5,8-11H2. The number of aromatic nitrogens is 4. The molecule has 1 saturated heterocycles. The maximum absolute atomic E-state index is 12.3. The summed E-state index contributed by atoms with van der Waals surface area (Å²) in [4.78, 5) is 16.6. The van der Waals surface area contributed by atoms with Crippen molar-refractivity contribution in [1.82, 2.24) is 24.7 Å². The number of rotatable bonds is 3. The Bertz CT molecular complexity index is 778. The lowest BCUT2D eigenvalue weighted by Gasteiger charge is -2.22. The Balaban J connectivity index is 1.36. The van der Waals surface area contributed by atoms with Crippen LogP contribution in [0.1, 0.15) is 43.8 Å². The third kappa shape index (κ3) is 2.52. The van der Waals surface area contributed by atoms with Crippen molar-refractivity contribution in [2.24, 2.45) is 5.92 Å². The van der Waals surface area contributed by atoms with Gasteiger partial charge in [-0.3, -0.25) is 4.79 Å². The van der Waals surface area contributed by atoms with Gasteiger partial charge in [0.15, 0.2) is 11.5 Å². The Morgan fingerprint density at radius 2 is 1.88 bits per heavy atom. The lowest BCUT2D eigenvalue weighted by atomic mass is 10.3. The fourth-order valence-electron chi connectivity index (χ4n) is 3.52. The Hall–Kier alpha value is -2.18. The Labute approximate surface area is 140 Å². The molecule has 1 amide bonds. The number of carbonyl (C=O) groups is 1. The summed E-state index contributed by atoms with van der Waals surface area (Å²) in [5, 5.41) is 13.3. The molecule has 3 aliphatic rings. The van der Waals surface area contributed by atoms with E-state index < -0.39 is 0 Å². The van der Waals surface area contributed by atoms with Crippen molar-refractivity contribution in [3.63, 3.8) is 0 Å². The molecule has 5 rings (SSSR count). The van der Waals surface area contributed by atoms with Crippen molar-refractivity contribution in [1.29, 1.82) is 0 Å². The highest BCUT2D eigenvalue weighted by molar-refractivity contribution is 5.81. The van der Waals surface area contributed by atoms with E-state index in [-0.39, 0.29) is 0 Å². The number of amides is 1. The van der Waals surface area contributed by atoms with Crippen molar-refractivity contribution in [3.05, 3.63) is 18.0 Å². The van der Waals surface area contributed by atoms with Crippen LogP contribution in [0.5, 0.6) is 0 Å². The van der Waals surface area contributed by atoms with E-state index in [0.717, 1.165) is 62.7 Å². The second kappa shape index (κ2) is 5.43. The van der Waals surface area contributed by atoms with E-state index in [9.17, 15) is 4.79 Å². The van der Waals surface area contributed by atoms with Gasteiger partial charge in [0.1, 0.15) is 5.82 Å². The molecule has 0 aromatic carbocycles. The molecular weight excluding hydrogens is 304 g/mol. The first-order chi connectivity index (χ1) is 11.8. The fraction of sp³-hybridized carbons (Fsp3) is 0.647. The molecule has 2 aromatic heterocycles. The lowest BCUT2D eigenvalue weighted by Crippen LogP contribution is -2.36. The molecule has 2 saturated carbocycles. The molecule has 2 aliphatic carbocycles. The second-order valence-electron chi connectivity index (χ2n) is 7.23. The zero-order valence-electron chi connectivity index (χ0n) is 13.8. The summed E-state index contributed by atoms with van der Waals surface area (Å²) in [5.74, 6) is 3.15. The van der Waals surface area contributed by atoms with Crippen LogP contribution >= 0.6 is 0 Å². The smallest absolute Gasteiger partial charge is 0.225 e. The molecular formula is C17H22N6O. The molecule has 0 unspecified atom stereocenters. The van der Waals surface area contributed by atoms with Gasteiger partial charge in [-0.1, -0.05) is 0 Å². The monoisotopic (exact) mass is 326 g/mol. The average molecular weight is 326 g/mol. The van der Waals surface area contributed by atoms with Gasteiger partial charge in [0.05, 0.1) is 0 Å². The summed E-state index contributed by atoms with van der Waals surface area (Å²) < 4.78 is 1.91. The van der Waals surface area contributed by atoms with Crippen LogP contribution in [0.25, 0.3) is 5.65 Å². The summed E-state index contributed by atoms with van der Waals surface area (Å²) in [6.07, 6.45) is 5.53. The predicted octanol–water partition coefficient (Wildman–Crippen LogP) is 1.45. The van der Waals surface area contributed by atoms with E-state index in [1.807, 2.05) is 21.5 Å². The van der Waals surface area contributed by atoms with Crippen molar-refractivity contribution in [2.45, 2.75) is 38.0 Å². The molecule has 3 fully saturated rings. The van der Waals surface area contributed by atoms with Crippen LogP contribution < -0.4 is 4.90 Å². The summed E-state index contributed by atoms with van der Waals surface area (Å²) in [6.45, 7) is 3.45. The first kappa shape index (κ1) is 14.2. The molecule has 7 nitrogen and oxygen atoms in total. The lowest BCUT2D eigenvalue weighted by molar-refractivity contribution is -0.132. The largest absolute Gasteiger partial charge is 0.353 e. The topological polar surface area (TPSA) is 66.6 Å². The normalized spacial score (nSPS) is 22.0. The molecule has 0 atom stereocenters. The SMILES string of the molecule is O=C(C1CC1)N1CCCN(c2ccc3nnc(C4CC4)n3n2)CC1. The van der Waals surface area contributed by atoms with Crippen LogP contribution in [0.4, 0.5) is 5.82 Å². The van der Waals surface area contributed by atoms with Gasteiger partial charge in [0.25, 0.3) is 0 Å². The maximum atomic E-state index is 12.3. The minimum Gasteiger partial charge on any atom is -0.353 e. The zero-order valence-corrected chi connectivity index (χ0v) is 13.8. The van der Waals surface area contributed by atoms with Gasteiger partial charge in [-0.2, -0.15) is 4.52 Å². The fourth-order valence-corrected chi connectivity index (χ4v) is 3.52. The summed E-state index contributed by atoms with van der Waals surface area (Å²) in [5.41, 5.74) is 0.820. The van der Waals surface area contributed by atoms with Crippen molar-refractivity contribution in [3.8, 4) is 0 Å². The molecule has 0 spiro atoms. The van der Waals surface area contributed by atoms with Crippen LogP contribution in [0.3, 0.4) is 0 Å². The predicted molar refractivity (Wildman–Crippen MR) is 88.9 cm³/mol. The number of carbonyl (C=O) groups excluding carboxylic acids is 1. The maximum Gasteiger partial charge on any atom is 0.225 e. The molecule has 126 valence electrons. The van der Waals surface area contributed by atoms with Crippen LogP contribution in [0, 0.1) is 5.92 Å². The Kier molecular flexibility index (Phi) is 3.21. The molecule has 1 aliphatic heterocycles. The minimum atomic E-state index is 0.309. The average Bonchev–Trinajstić information content (AvgIpc) is 3.49. The van der Waals surface area contributed by atoms with Gasteiger partial charge >= 0.3 is 0 Å². The van der Waals surface area contributed by atoms with Gasteiger partial charge in [0.2, 0.25) is 5.91 Å². The molecule has 7 heteroatoms. The molecule has 3 heterocycles. The van der Waals surface area contributed by atoms with E-state index in [2.05, 4.69) is 15.1 Å². The summed E-state index contributed by atoms with van der Waals surface area (Å²) in [7, 11) is 0. The van der Waals surface area contributed by atoms with Crippen LogP contribution in [-0.2, 0) is 4.79 Å². The van der Waals surface area contributed by atoms with E-state index >= 15 is 0 Å². The zero-order chi connectivity index (χ0) is 16.1. The first-order valence-electron chi connectivity index (χ1n) is 9.06. The van der Waals surface area contributed by atoms with Crippen LogP contribution in [-0.4, -0.2) is 56.8 Å². The van der Waals surface area contributed by atoms with E-state index in [0.29, 0.717) is 17.7 Å². The van der Waals surface area contributed by atoms with Crippen LogP contribution in [0.2, 0.25) is 0 Å². The van der Waals surface area contributed by atoms with E-state index in [1.54, 1.807) is 0 Å². The van der Waals surface area contributed by atoms with Crippen molar-refractivity contribution >= 4 is 17.4 Å². The number of hydrogen-bond acceptors (Lipinski definition) is 5. The number of nitrogens with zero attached hydrogens (tertiary/aromatic N) is 6. The molecule has 0 bridgehead atoms. The van der Waals surface area contributed by atoms with Crippen molar-refractivity contribution in [2.75, 3.05) is 31.1 Å². The van der Waals surface area contributed by atoms with Crippen LogP contribution in [0.15, 0.2) is 12.1 Å². The van der Waals surface area contributed by atoms with Crippen molar-refractivity contribution < 1.29 is 4.79 Å². The highest BCUT2D eigenvalue weighted by Gasteiger charge is 2.34. The van der Waals surface area contributed by atoms with E-state index in [1.165, 1.54) is 12.8 Å². The van der Waals surface area contributed by atoms with E-state index in [4.69, 9.17) is 5.10 Å². The first-order valence-corrected chi connectivity index (χ1v) is 9.06. The third-order valence-corrected chi connectivity index (χ3v) is 5.27. The van der Waals surface area contributed by atoms with Gasteiger partial charge in [-0.05, 0) is 44.2 Å². The van der Waals surface area contributed by atoms with Gasteiger partial charge < -0.3 is 9.80 Å². The number of hydrogen-bond donors (Lipinski definition) is 0. The second-order valence-corrected chi connectivity index (χ2v) is 7.23. The minimum absolute atomic E-state index is 0.309. The highest BCUT2D eigenvalue weighted by atomic mass is 16.2. The van der Waals surface area contributed by atoms with Gasteiger partial charge in [-0.15, -0.1) is 15.3 Å². The Morgan fingerprint density at radius 1 is 1.00 bits per heavy atom. The quantitative estimate of drug-likeness (QED) is 0.854. The summed E-state index contributed by atoms with van der Waals surface area (Å²) >= 11 is 0. The molecule has 2 aromatic rings.